The summed E-state index contributed by atoms with van der Waals surface area (Å²) in [6.07, 6.45) is 8.66. The van der Waals surface area contributed by atoms with Crippen LogP contribution in [0.25, 0.3) is 11.3 Å². The molecule has 5 heteroatoms. The molecule has 1 fully saturated rings. The maximum absolute atomic E-state index is 4.90. The number of anilines is 1. The number of likely N-dealkylation sites (N-methyl/N-ethyl adjacent to an activating group) is 1. The van der Waals surface area contributed by atoms with Crippen LogP contribution in [0.2, 0.25) is 0 Å². The van der Waals surface area contributed by atoms with Crippen LogP contribution in [0.15, 0.2) is 60.3 Å². The highest BCUT2D eigenvalue weighted by Gasteiger charge is 2.19. The van der Waals surface area contributed by atoms with Gasteiger partial charge in [0, 0.05) is 50.4 Å². The van der Waals surface area contributed by atoms with Gasteiger partial charge in [0.15, 0.2) is 0 Å². The Kier molecular flexibility index (Phi) is 7.20. The van der Waals surface area contributed by atoms with E-state index >= 15 is 0 Å². The fraction of sp³-hybridized carbons (Fsp3) is 0.391. The Morgan fingerprint density at radius 2 is 2.07 bits per heavy atom. The van der Waals surface area contributed by atoms with E-state index in [-0.39, 0.29) is 0 Å². The van der Waals surface area contributed by atoms with E-state index < -0.39 is 0 Å². The lowest BCUT2D eigenvalue weighted by Crippen LogP contribution is -2.29. The van der Waals surface area contributed by atoms with Crippen molar-refractivity contribution < 1.29 is 0 Å². The van der Waals surface area contributed by atoms with Gasteiger partial charge in [-0.1, -0.05) is 42.5 Å². The lowest BCUT2D eigenvalue weighted by atomic mass is 9.98. The van der Waals surface area contributed by atoms with E-state index in [2.05, 4.69) is 58.0 Å². The zero-order valence-electron chi connectivity index (χ0n) is 17.2. The molecule has 1 aliphatic rings. The highest BCUT2D eigenvalue weighted by molar-refractivity contribution is 5.62. The van der Waals surface area contributed by atoms with E-state index in [9.17, 15) is 0 Å². The zero-order valence-corrected chi connectivity index (χ0v) is 17.2. The molecule has 1 saturated heterocycles. The summed E-state index contributed by atoms with van der Waals surface area (Å²) in [5, 5.41) is 6.92. The number of piperidine rings is 1. The fourth-order valence-corrected chi connectivity index (χ4v) is 3.41. The van der Waals surface area contributed by atoms with Gasteiger partial charge in [-0.2, -0.15) is 0 Å². The predicted octanol–water partition coefficient (Wildman–Crippen LogP) is 4.04. The maximum Gasteiger partial charge on any atom is 0.135 e. The van der Waals surface area contributed by atoms with Gasteiger partial charge in [-0.3, -0.25) is 0 Å². The predicted molar refractivity (Wildman–Crippen MR) is 117 cm³/mol. The largest absolute Gasteiger partial charge is 0.378 e. The number of aromatic nitrogens is 2. The van der Waals surface area contributed by atoms with E-state index in [1.165, 1.54) is 12.1 Å². The fourth-order valence-electron chi connectivity index (χ4n) is 3.41. The lowest BCUT2D eigenvalue weighted by molar-refractivity contribution is 0.447. The third kappa shape index (κ3) is 5.42. The summed E-state index contributed by atoms with van der Waals surface area (Å²) >= 11 is 0. The first-order valence-electron chi connectivity index (χ1n) is 10.1. The number of allylic oxidation sites excluding steroid dienone is 2. The van der Waals surface area contributed by atoms with Crippen molar-refractivity contribution in [3.8, 4) is 11.3 Å². The Hall–Kier alpha value is -2.66. The summed E-state index contributed by atoms with van der Waals surface area (Å²) in [4.78, 5) is 11.8. The molecule has 5 nitrogen and oxygen atoms in total. The van der Waals surface area contributed by atoms with Crippen LogP contribution < -0.4 is 10.6 Å². The third-order valence-electron chi connectivity index (χ3n) is 4.98. The van der Waals surface area contributed by atoms with Crippen LogP contribution >= 0.6 is 0 Å². The van der Waals surface area contributed by atoms with Crippen molar-refractivity contribution >= 4 is 5.82 Å². The molecule has 2 N–H and O–H groups in total. The Labute approximate surface area is 168 Å². The first-order chi connectivity index (χ1) is 13.7. The number of rotatable bonds is 7. The van der Waals surface area contributed by atoms with Crippen LogP contribution in [0.4, 0.5) is 5.82 Å². The third-order valence-corrected chi connectivity index (χ3v) is 4.98. The topological polar surface area (TPSA) is 53.1 Å². The molecule has 1 aromatic heterocycles. The SMILES string of the molecule is C/C=C(\C=C/CNc1cc(-c2ccccc2)nc(C2CCCNC2)n1)N(C)C. The number of nitrogens with one attached hydrogen (secondary N) is 2. The lowest BCUT2D eigenvalue weighted by Gasteiger charge is -2.22. The second-order valence-corrected chi connectivity index (χ2v) is 7.30. The summed E-state index contributed by atoms with van der Waals surface area (Å²) in [5.74, 6) is 2.19. The normalized spacial score (nSPS) is 17.7. The first-order valence-corrected chi connectivity index (χ1v) is 10.1. The van der Waals surface area contributed by atoms with Crippen molar-refractivity contribution in [1.82, 2.24) is 20.2 Å². The van der Waals surface area contributed by atoms with E-state index in [4.69, 9.17) is 9.97 Å². The Bertz CT molecular complexity index is 805. The Morgan fingerprint density at radius 1 is 1.25 bits per heavy atom. The quantitative estimate of drug-likeness (QED) is 0.713. The molecule has 0 saturated carbocycles. The van der Waals surface area contributed by atoms with Gasteiger partial charge in [-0.25, -0.2) is 9.97 Å². The number of benzene rings is 1. The van der Waals surface area contributed by atoms with E-state index in [0.29, 0.717) is 5.92 Å². The van der Waals surface area contributed by atoms with Crippen molar-refractivity contribution in [1.29, 1.82) is 0 Å². The highest BCUT2D eigenvalue weighted by Crippen LogP contribution is 2.25. The van der Waals surface area contributed by atoms with Gasteiger partial charge in [-0.05, 0) is 32.4 Å². The molecule has 1 aromatic carbocycles. The minimum Gasteiger partial charge on any atom is -0.378 e. The molecule has 3 rings (SSSR count). The van der Waals surface area contributed by atoms with Gasteiger partial charge in [0.1, 0.15) is 11.6 Å². The molecule has 28 heavy (non-hydrogen) atoms. The van der Waals surface area contributed by atoms with Crippen LogP contribution in [-0.2, 0) is 0 Å². The molecule has 0 amide bonds. The summed E-state index contributed by atoms with van der Waals surface area (Å²) in [6.45, 7) is 4.81. The van der Waals surface area contributed by atoms with Crippen molar-refractivity contribution in [3.05, 3.63) is 66.1 Å². The molecule has 2 heterocycles. The standard InChI is InChI=1S/C23H31N5/c1-4-20(28(2)3)13-9-15-25-22-16-21(18-10-6-5-7-11-18)26-23(27-22)19-12-8-14-24-17-19/h4-7,9-11,13,16,19,24H,8,12,14-15,17H2,1-3H3,(H,25,26,27)/b13-9-,20-4+. The minimum atomic E-state index is 0.372. The van der Waals surface area contributed by atoms with Crippen molar-refractivity contribution in [2.75, 3.05) is 39.0 Å². The monoisotopic (exact) mass is 377 g/mol. The number of nitrogens with zero attached hydrogens (tertiary/aromatic N) is 3. The molecule has 0 spiro atoms. The van der Waals surface area contributed by atoms with E-state index in [1.807, 2.05) is 33.2 Å². The van der Waals surface area contributed by atoms with Crippen molar-refractivity contribution in [2.24, 2.45) is 0 Å². The van der Waals surface area contributed by atoms with Gasteiger partial charge in [0.05, 0.1) is 5.69 Å². The Morgan fingerprint density at radius 3 is 2.75 bits per heavy atom. The molecule has 0 aliphatic carbocycles. The molecule has 1 atom stereocenters. The summed E-state index contributed by atoms with van der Waals surface area (Å²) in [6, 6.07) is 12.4. The molecule has 2 aromatic rings. The average molecular weight is 378 g/mol. The van der Waals surface area contributed by atoms with Gasteiger partial charge in [0.2, 0.25) is 0 Å². The first kappa shape index (κ1) is 20.1. The number of hydrogen-bond donors (Lipinski definition) is 2. The van der Waals surface area contributed by atoms with Crippen LogP contribution in [0, 0.1) is 0 Å². The van der Waals surface area contributed by atoms with Crippen LogP contribution in [0.1, 0.15) is 31.5 Å². The summed E-state index contributed by atoms with van der Waals surface area (Å²) < 4.78 is 0. The molecule has 1 unspecified atom stereocenters. The zero-order chi connectivity index (χ0) is 19.8. The minimum absolute atomic E-state index is 0.372. The molecule has 0 bridgehead atoms. The van der Waals surface area contributed by atoms with Gasteiger partial charge in [0.25, 0.3) is 0 Å². The molecular weight excluding hydrogens is 346 g/mol. The van der Waals surface area contributed by atoms with Crippen LogP contribution in [0.3, 0.4) is 0 Å². The van der Waals surface area contributed by atoms with E-state index in [1.54, 1.807) is 0 Å². The molecular formula is C23H31N5. The molecule has 0 radical (unpaired) electrons. The van der Waals surface area contributed by atoms with Crippen LogP contribution in [0.5, 0.6) is 0 Å². The summed E-state index contributed by atoms with van der Waals surface area (Å²) in [5.41, 5.74) is 3.28. The maximum atomic E-state index is 4.90. The number of hydrogen-bond acceptors (Lipinski definition) is 5. The van der Waals surface area contributed by atoms with Gasteiger partial charge < -0.3 is 15.5 Å². The smallest absolute Gasteiger partial charge is 0.135 e. The van der Waals surface area contributed by atoms with Gasteiger partial charge >= 0.3 is 0 Å². The second-order valence-electron chi connectivity index (χ2n) is 7.30. The van der Waals surface area contributed by atoms with Crippen molar-refractivity contribution in [2.45, 2.75) is 25.7 Å². The van der Waals surface area contributed by atoms with Gasteiger partial charge in [-0.15, -0.1) is 0 Å². The van der Waals surface area contributed by atoms with E-state index in [0.717, 1.165) is 49.0 Å². The summed E-state index contributed by atoms with van der Waals surface area (Å²) in [7, 11) is 4.10. The average Bonchev–Trinajstić information content (AvgIpc) is 2.74. The molecule has 148 valence electrons. The van der Waals surface area contributed by atoms with Crippen LogP contribution in [-0.4, -0.2) is 48.6 Å². The Balaban J connectivity index is 1.80. The highest BCUT2D eigenvalue weighted by atomic mass is 15.1. The second kappa shape index (κ2) is 10.0. The molecule has 1 aliphatic heterocycles. The van der Waals surface area contributed by atoms with Crippen molar-refractivity contribution in [3.63, 3.8) is 0 Å².